The van der Waals surface area contributed by atoms with E-state index in [0.29, 0.717) is 18.4 Å². The van der Waals surface area contributed by atoms with E-state index in [2.05, 4.69) is 19.2 Å². The number of hydrogen-bond acceptors (Lipinski definition) is 2. The largest absolute Gasteiger partial charge is 0.349 e. The summed E-state index contributed by atoms with van der Waals surface area (Å²) < 4.78 is 0. The molecule has 105 valence electrons. The lowest BCUT2D eigenvalue weighted by atomic mass is 9.92. The lowest BCUT2D eigenvalue weighted by Crippen LogP contribution is -2.34. The number of amides is 2. The molecule has 4 nitrogen and oxygen atoms in total. The first-order valence-corrected chi connectivity index (χ1v) is 6.65. The van der Waals surface area contributed by atoms with Crippen LogP contribution in [0.2, 0.25) is 0 Å². The van der Waals surface area contributed by atoms with Crippen LogP contribution in [-0.2, 0) is 9.59 Å². The van der Waals surface area contributed by atoms with Crippen molar-refractivity contribution in [3.05, 3.63) is 0 Å². The third-order valence-electron chi connectivity index (χ3n) is 2.60. The zero-order valence-corrected chi connectivity index (χ0v) is 12.6. The van der Waals surface area contributed by atoms with Crippen LogP contribution < -0.4 is 5.32 Å². The molecular weight excluding hydrogens is 228 g/mol. The number of carbonyl (C=O) groups excluding carboxylic acids is 2. The molecule has 0 aliphatic rings. The summed E-state index contributed by atoms with van der Waals surface area (Å²) in [6.45, 7) is 8.71. The van der Waals surface area contributed by atoms with Gasteiger partial charge in [0.15, 0.2) is 0 Å². The summed E-state index contributed by atoms with van der Waals surface area (Å²) in [7, 11) is 3.46. The Balaban J connectivity index is 4.40. The zero-order valence-electron chi connectivity index (χ0n) is 12.6. The van der Waals surface area contributed by atoms with Gasteiger partial charge in [-0.3, -0.25) is 14.9 Å². The van der Waals surface area contributed by atoms with Crippen LogP contribution in [0.1, 0.15) is 40.5 Å². The highest BCUT2D eigenvalue weighted by Gasteiger charge is 2.24. The third kappa shape index (κ3) is 7.30. The summed E-state index contributed by atoms with van der Waals surface area (Å²) >= 11 is 0. The minimum atomic E-state index is -0.233. The Labute approximate surface area is 111 Å². The van der Waals surface area contributed by atoms with E-state index in [-0.39, 0.29) is 24.2 Å². The lowest BCUT2D eigenvalue weighted by Gasteiger charge is -2.21. The summed E-state index contributed by atoms with van der Waals surface area (Å²) in [5.41, 5.74) is 0. The Bertz CT molecular complexity index is 273. The molecule has 1 atom stereocenters. The monoisotopic (exact) mass is 255 g/mol. The van der Waals surface area contributed by atoms with Crippen molar-refractivity contribution in [1.82, 2.24) is 10.2 Å². The highest BCUT2D eigenvalue weighted by Crippen LogP contribution is 2.17. The fourth-order valence-corrected chi connectivity index (χ4v) is 1.77. The molecule has 0 rings (SSSR count). The second-order valence-corrected chi connectivity index (χ2v) is 5.89. The topological polar surface area (TPSA) is 51.5 Å². The average Bonchev–Trinajstić information content (AvgIpc) is 2.23. The van der Waals surface area contributed by atoms with Crippen LogP contribution in [-0.4, -0.2) is 37.4 Å². The van der Waals surface area contributed by atoms with E-state index in [0.717, 1.165) is 6.42 Å². The zero-order chi connectivity index (χ0) is 14.3. The van der Waals surface area contributed by atoms with Crippen LogP contribution in [0.3, 0.4) is 0 Å². The van der Waals surface area contributed by atoms with Crippen LogP contribution in [0.4, 0.5) is 0 Å². The van der Waals surface area contributed by atoms with E-state index < -0.39 is 0 Å². The van der Waals surface area contributed by atoms with Crippen LogP contribution in [0, 0.1) is 17.8 Å². The molecule has 0 saturated heterocycles. The van der Waals surface area contributed by atoms with Crippen LogP contribution >= 0.6 is 0 Å². The normalized spacial score (nSPS) is 12.7. The molecule has 0 bridgehead atoms. The van der Waals surface area contributed by atoms with E-state index in [9.17, 15) is 9.59 Å². The smallest absolute Gasteiger partial charge is 0.241 e. The van der Waals surface area contributed by atoms with Gasteiger partial charge in [0, 0.05) is 33.0 Å². The van der Waals surface area contributed by atoms with Crippen molar-refractivity contribution in [2.24, 2.45) is 17.8 Å². The number of rotatable bonds is 7. The molecule has 2 amide bonds. The van der Waals surface area contributed by atoms with E-state index >= 15 is 0 Å². The Hall–Kier alpha value is -1.06. The van der Waals surface area contributed by atoms with Gasteiger partial charge in [-0.15, -0.1) is 0 Å². The quantitative estimate of drug-likeness (QED) is 0.698. The van der Waals surface area contributed by atoms with Crippen molar-refractivity contribution in [2.75, 3.05) is 20.6 Å². The van der Waals surface area contributed by atoms with Crippen LogP contribution in [0.15, 0.2) is 0 Å². The molecule has 0 saturated carbocycles. The molecule has 18 heavy (non-hydrogen) atoms. The van der Waals surface area contributed by atoms with Crippen molar-refractivity contribution in [1.29, 1.82) is 0 Å². The summed E-state index contributed by atoms with van der Waals surface area (Å²) in [6.07, 6.45) is 0.974. The van der Waals surface area contributed by atoms with Crippen molar-refractivity contribution in [3.63, 3.8) is 0 Å². The van der Waals surface area contributed by atoms with Crippen LogP contribution in [0.25, 0.3) is 0 Å². The molecule has 0 aliphatic heterocycles. The third-order valence-corrected chi connectivity index (χ3v) is 2.60. The van der Waals surface area contributed by atoms with Gasteiger partial charge in [-0.25, -0.2) is 0 Å². The van der Waals surface area contributed by atoms with Gasteiger partial charge in [-0.2, -0.15) is 0 Å². The minimum Gasteiger partial charge on any atom is -0.349 e. The SMILES string of the molecule is CC(C)C[N]C(=O)C[C@@H](CC(C)C)C(=O)N(C)C. The summed E-state index contributed by atoms with van der Waals surface area (Å²) in [4.78, 5) is 25.3. The Morgan fingerprint density at radius 2 is 1.61 bits per heavy atom. The van der Waals surface area contributed by atoms with Crippen molar-refractivity contribution < 1.29 is 9.59 Å². The molecule has 0 unspecified atom stereocenters. The minimum absolute atomic E-state index is 0.0248. The second-order valence-electron chi connectivity index (χ2n) is 5.89. The molecule has 0 spiro atoms. The van der Waals surface area contributed by atoms with E-state index in [1.165, 1.54) is 0 Å². The second kappa shape index (κ2) is 8.11. The molecule has 0 heterocycles. The summed E-state index contributed by atoms with van der Waals surface area (Å²) in [5.74, 6) is 0.420. The molecule has 0 fully saturated rings. The summed E-state index contributed by atoms with van der Waals surface area (Å²) in [6, 6.07) is 0. The predicted molar refractivity (Wildman–Crippen MR) is 73.1 cm³/mol. The van der Waals surface area contributed by atoms with Crippen molar-refractivity contribution >= 4 is 11.8 Å². The highest BCUT2D eigenvalue weighted by atomic mass is 16.2. The first-order valence-electron chi connectivity index (χ1n) is 6.65. The number of hydrogen-bond donors (Lipinski definition) is 0. The molecule has 0 aromatic heterocycles. The van der Waals surface area contributed by atoms with Crippen molar-refractivity contribution in [3.8, 4) is 0 Å². The van der Waals surface area contributed by atoms with Gasteiger partial charge in [0.25, 0.3) is 0 Å². The molecule has 4 heteroatoms. The fourth-order valence-electron chi connectivity index (χ4n) is 1.77. The maximum atomic E-state index is 12.0. The van der Waals surface area contributed by atoms with Gasteiger partial charge in [0.05, 0.1) is 0 Å². The highest BCUT2D eigenvalue weighted by molar-refractivity contribution is 5.85. The molecule has 0 aromatic carbocycles. The average molecular weight is 255 g/mol. The van der Waals surface area contributed by atoms with E-state index in [1.807, 2.05) is 13.8 Å². The summed E-state index contributed by atoms with van der Waals surface area (Å²) in [5, 5.41) is 4.00. The lowest BCUT2D eigenvalue weighted by molar-refractivity contribution is -0.136. The Kier molecular flexibility index (Phi) is 7.64. The van der Waals surface area contributed by atoms with Gasteiger partial charge in [0.1, 0.15) is 0 Å². The molecule has 0 aliphatic carbocycles. The molecule has 1 radical (unpaired) electrons. The molecule has 0 aromatic rings. The fraction of sp³-hybridized carbons (Fsp3) is 0.857. The first-order chi connectivity index (χ1) is 8.23. The van der Waals surface area contributed by atoms with E-state index in [1.54, 1.807) is 19.0 Å². The van der Waals surface area contributed by atoms with E-state index in [4.69, 9.17) is 0 Å². The molecular formula is C14H27N2O2. The van der Waals surface area contributed by atoms with Gasteiger partial charge in [-0.05, 0) is 18.3 Å². The Morgan fingerprint density at radius 1 is 1.06 bits per heavy atom. The Morgan fingerprint density at radius 3 is 2.00 bits per heavy atom. The van der Waals surface area contributed by atoms with Gasteiger partial charge in [-0.1, -0.05) is 27.7 Å². The van der Waals surface area contributed by atoms with Gasteiger partial charge < -0.3 is 4.90 Å². The predicted octanol–water partition coefficient (Wildman–Crippen LogP) is 1.91. The number of nitrogens with zero attached hydrogens (tertiary/aromatic N) is 2. The van der Waals surface area contributed by atoms with Gasteiger partial charge in [0.2, 0.25) is 11.8 Å². The van der Waals surface area contributed by atoms with Crippen molar-refractivity contribution in [2.45, 2.75) is 40.5 Å². The maximum absolute atomic E-state index is 12.0. The van der Waals surface area contributed by atoms with Gasteiger partial charge >= 0.3 is 0 Å². The maximum Gasteiger partial charge on any atom is 0.241 e. The van der Waals surface area contributed by atoms with Crippen LogP contribution in [0.5, 0.6) is 0 Å². The standard InChI is InChI=1S/C14H27N2O2/c1-10(2)7-12(14(18)16(5)6)8-13(17)15-9-11(3)4/h10-12H,7-9H2,1-6H3/t12-/m1/s1. The number of carbonyl (C=O) groups is 2. The first kappa shape index (κ1) is 16.9. The molecule has 0 N–H and O–H groups in total.